The molecule has 0 fully saturated rings. The van der Waals surface area contributed by atoms with Crippen molar-refractivity contribution in [3.8, 4) is 33.4 Å². The highest BCUT2D eigenvalue weighted by Crippen LogP contribution is 2.65. The van der Waals surface area contributed by atoms with Crippen LogP contribution in [0.1, 0.15) is 22.3 Å². The zero-order valence-electron chi connectivity index (χ0n) is 23.0. The van der Waals surface area contributed by atoms with E-state index in [2.05, 4.69) is 163 Å². The van der Waals surface area contributed by atoms with E-state index in [4.69, 9.17) is 0 Å². The van der Waals surface area contributed by atoms with Gasteiger partial charge in [-0.1, -0.05) is 140 Å². The summed E-state index contributed by atoms with van der Waals surface area (Å²) in [6.45, 7) is 0. The van der Waals surface area contributed by atoms with E-state index in [0.717, 1.165) is 11.4 Å². The summed E-state index contributed by atoms with van der Waals surface area (Å²) in [6, 6.07) is 57.7. The van der Waals surface area contributed by atoms with Crippen LogP contribution in [0, 0.1) is 0 Å². The van der Waals surface area contributed by atoms with Gasteiger partial charge in [0.15, 0.2) is 0 Å². The first-order chi connectivity index (χ1) is 20.8. The largest absolute Gasteiger partial charge is 0.355 e. The van der Waals surface area contributed by atoms with Crippen LogP contribution in [0.25, 0.3) is 44.2 Å². The summed E-state index contributed by atoms with van der Waals surface area (Å²) in [6.07, 6.45) is 0. The molecule has 0 saturated heterocycles. The number of rotatable bonds is 3. The molecule has 196 valence electrons. The topological polar surface area (TPSA) is 12.0 Å². The molecule has 0 radical (unpaired) electrons. The molecule has 1 atom stereocenters. The molecule has 1 spiro atoms. The Kier molecular flexibility index (Phi) is 4.88. The lowest BCUT2D eigenvalue weighted by Crippen LogP contribution is -2.26. The predicted octanol–water partition coefficient (Wildman–Crippen LogP) is 10.6. The zero-order valence-corrected chi connectivity index (χ0v) is 23.0. The average molecular weight is 534 g/mol. The Hall–Kier alpha value is -5.40. The highest BCUT2D eigenvalue weighted by atomic mass is 14.9. The van der Waals surface area contributed by atoms with Crippen LogP contribution in [-0.4, -0.2) is 0 Å². The van der Waals surface area contributed by atoms with Gasteiger partial charge in [-0.25, -0.2) is 0 Å². The summed E-state index contributed by atoms with van der Waals surface area (Å²) in [4.78, 5) is 0. The molecule has 1 nitrogen and oxygen atoms in total. The van der Waals surface area contributed by atoms with Crippen molar-refractivity contribution in [2.75, 3.05) is 5.32 Å². The molecule has 0 saturated carbocycles. The maximum atomic E-state index is 3.82. The van der Waals surface area contributed by atoms with Gasteiger partial charge in [0.1, 0.15) is 0 Å². The van der Waals surface area contributed by atoms with Crippen LogP contribution < -0.4 is 5.32 Å². The van der Waals surface area contributed by atoms with E-state index in [1.807, 2.05) is 0 Å². The van der Waals surface area contributed by atoms with Crippen molar-refractivity contribution in [3.05, 3.63) is 180 Å². The van der Waals surface area contributed by atoms with Gasteiger partial charge in [-0.05, 0) is 79.0 Å². The Morgan fingerprint density at radius 3 is 1.88 bits per heavy atom. The molecule has 0 amide bonds. The van der Waals surface area contributed by atoms with Gasteiger partial charge >= 0.3 is 0 Å². The average Bonchev–Trinajstić information content (AvgIpc) is 3.54. The Bertz CT molecular complexity index is 2160. The molecule has 0 bridgehead atoms. The molecular weight excluding hydrogens is 506 g/mol. The molecule has 1 N–H and O–H groups in total. The van der Waals surface area contributed by atoms with Crippen molar-refractivity contribution in [2.24, 2.45) is 0 Å². The minimum absolute atomic E-state index is 0.381. The fourth-order valence-electron chi connectivity index (χ4n) is 7.60. The number of anilines is 2. The van der Waals surface area contributed by atoms with Crippen LogP contribution in [-0.2, 0) is 5.41 Å². The summed E-state index contributed by atoms with van der Waals surface area (Å²) in [5, 5.41) is 6.42. The van der Waals surface area contributed by atoms with E-state index < -0.39 is 0 Å². The third-order valence-corrected chi connectivity index (χ3v) is 9.27. The first-order valence-corrected chi connectivity index (χ1v) is 14.6. The molecule has 7 aromatic carbocycles. The SMILES string of the molecule is c1ccc(-c2ccc(Nc3cccc4c3-c3ccccc3C43c4ccccc4-c4ccc5ccccc5c43)cc2)cc1. The van der Waals surface area contributed by atoms with Crippen molar-refractivity contribution < 1.29 is 0 Å². The van der Waals surface area contributed by atoms with Crippen LogP contribution >= 0.6 is 0 Å². The van der Waals surface area contributed by atoms with Crippen molar-refractivity contribution in [2.45, 2.75) is 5.41 Å². The van der Waals surface area contributed by atoms with Crippen molar-refractivity contribution in [3.63, 3.8) is 0 Å². The van der Waals surface area contributed by atoms with E-state index in [9.17, 15) is 0 Å². The minimum atomic E-state index is -0.381. The summed E-state index contributed by atoms with van der Waals surface area (Å²) < 4.78 is 0. The Balaban J connectivity index is 1.29. The molecule has 0 heterocycles. The van der Waals surface area contributed by atoms with Gasteiger partial charge in [0.05, 0.1) is 5.41 Å². The molecule has 7 aromatic rings. The summed E-state index contributed by atoms with van der Waals surface area (Å²) >= 11 is 0. The van der Waals surface area contributed by atoms with E-state index in [1.165, 1.54) is 66.4 Å². The van der Waals surface area contributed by atoms with Crippen LogP contribution in [0.15, 0.2) is 158 Å². The molecular formula is C41H27N. The second-order valence-corrected chi connectivity index (χ2v) is 11.3. The van der Waals surface area contributed by atoms with Crippen LogP contribution in [0.5, 0.6) is 0 Å². The summed E-state index contributed by atoms with van der Waals surface area (Å²) in [5.74, 6) is 0. The quantitative estimate of drug-likeness (QED) is 0.238. The van der Waals surface area contributed by atoms with Crippen LogP contribution in [0.2, 0.25) is 0 Å². The van der Waals surface area contributed by atoms with Crippen LogP contribution in [0.4, 0.5) is 11.4 Å². The third-order valence-electron chi connectivity index (χ3n) is 9.27. The lowest BCUT2D eigenvalue weighted by molar-refractivity contribution is 0.801. The van der Waals surface area contributed by atoms with Crippen molar-refractivity contribution in [1.82, 2.24) is 0 Å². The summed E-state index contributed by atoms with van der Waals surface area (Å²) in [7, 11) is 0. The van der Waals surface area contributed by atoms with Gasteiger partial charge in [-0.3, -0.25) is 0 Å². The van der Waals surface area contributed by atoms with E-state index in [-0.39, 0.29) is 5.41 Å². The van der Waals surface area contributed by atoms with E-state index >= 15 is 0 Å². The van der Waals surface area contributed by atoms with Gasteiger partial charge in [0.2, 0.25) is 0 Å². The predicted molar refractivity (Wildman–Crippen MR) is 175 cm³/mol. The number of hydrogen-bond acceptors (Lipinski definition) is 1. The monoisotopic (exact) mass is 533 g/mol. The second-order valence-electron chi connectivity index (χ2n) is 11.3. The highest BCUT2D eigenvalue weighted by molar-refractivity contribution is 6.05. The molecule has 9 rings (SSSR count). The number of fused-ring (bicyclic) bond motifs is 12. The number of hydrogen-bond donors (Lipinski definition) is 1. The van der Waals surface area contributed by atoms with Crippen molar-refractivity contribution in [1.29, 1.82) is 0 Å². The minimum Gasteiger partial charge on any atom is -0.355 e. The van der Waals surface area contributed by atoms with E-state index in [1.54, 1.807) is 0 Å². The molecule has 0 aromatic heterocycles. The molecule has 42 heavy (non-hydrogen) atoms. The standard InChI is InChI=1S/C41H27N/c1-2-11-27(12-3-1)28-21-24-30(25-22-28)42-38-20-10-19-37-39(38)34-16-7-9-18-36(34)41(37)35-17-8-6-15-32(35)33-26-23-29-13-4-5-14-31(29)40(33)41/h1-26,42H. The van der Waals surface area contributed by atoms with Crippen LogP contribution in [0.3, 0.4) is 0 Å². The normalized spacial score (nSPS) is 15.7. The Morgan fingerprint density at radius 2 is 1.05 bits per heavy atom. The first kappa shape index (κ1) is 23.3. The first-order valence-electron chi connectivity index (χ1n) is 14.6. The van der Waals surface area contributed by atoms with Gasteiger partial charge < -0.3 is 5.32 Å². The van der Waals surface area contributed by atoms with Crippen molar-refractivity contribution >= 4 is 22.1 Å². The maximum Gasteiger partial charge on any atom is 0.0732 e. The highest BCUT2D eigenvalue weighted by Gasteiger charge is 2.52. The van der Waals surface area contributed by atoms with Gasteiger partial charge in [-0.15, -0.1) is 0 Å². The third kappa shape index (κ3) is 3.08. The Labute approximate surface area is 245 Å². The molecule has 1 unspecified atom stereocenters. The fourth-order valence-corrected chi connectivity index (χ4v) is 7.60. The maximum absolute atomic E-state index is 3.82. The molecule has 0 aliphatic heterocycles. The van der Waals surface area contributed by atoms with Gasteiger partial charge in [-0.2, -0.15) is 0 Å². The molecule has 2 aliphatic carbocycles. The van der Waals surface area contributed by atoms with E-state index in [0.29, 0.717) is 0 Å². The summed E-state index contributed by atoms with van der Waals surface area (Å²) in [5.41, 5.74) is 15.0. The van der Waals surface area contributed by atoms with Gasteiger partial charge in [0.25, 0.3) is 0 Å². The Morgan fingerprint density at radius 1 is 0.405 bits per heavy atom. The fraction of sp³-hybridized carbons (Fsp3) is 0.0244. The lowest BCUT2D eigenvalue weighted by atomic mass is 9.69. The number of nitrogens with one attached hydrogen (secondary N) is 1. The molecule has 1 heteroatoms. The zero-order chi connectivity index (χ0) is 27.7. The number of benzene rings is 7. The smallest absolute Gasteiger partial charge is 0.0732 e. The lowest BCUT2D eigenvalue weighted by Gasteiger charge is -2.31. The molecule has 2 aliphatic rings. The van der Waals surface area contributed by atoms with Gasteiger partial charge in [0, 0.05) is 16.9 Å². The second kappa shape index (κ2) is 8.80.